The molecule has 100 valence electrons. The highest BCUT2D eigenvalue weighted by Crippen LogP contribution is 2.30. The Morgan fingerprint density at radius 2 is 1.76 bits per heavy atom. The summed E-state index contributed by atoms with van der Waals surface area (Å²) in [7, 11) is 0. The Kier molecular flexibility index (Phi) is 4.45. The van der Waals surface area contributed by atoms with E-state index >= 15 is 0 Å². The second-order valence-electron chi connectivity index (χ2n) is 6.33. The van der Waals surface area contributed by atoms with Crippen LogP contribution in [-0.4, -0.2) is 61.7 Å². The molecule has 0 aromatic carbocycles. The summed E-state index contributed by atoms with van der Waals surface area (Å²) in [6, 6.07) is 0.685. The molecule has 0 aromatic rings. The van der Waals surface area contributed by atoms with Gasteiger partial charge < -0.3 is 10.2 Å². The number of piperazine rings is 1. The van der Waals surface area contributed by atoms with Crippen LogP contribution in [-0.2, 0) is 0 Å². The van der Waals surface area contributed by atoms with Gasteiger partial charge in [-0.25, -0.2) is 0 Å². The molecule has 2 heterocycles. The molecular formula is C14H29N3. The molecule has 3 nitrogen and oxygen atoms in total. The molecule has 17 heavy (non-hydrogen) atoms. The van der Waals surface area contributed by atoms with E-state index in [-0.39, 0.29) is 0 Å². The predicted octanol–water partition coefficient (Wildman–Crippen LogP) is 1.40. The third-order valence-electron chi connectivity index (χ3n) is 4.68. The second-order valence-corrected chi connectivity index (χ2v) is 6.33. The third kappa shape index (κ3) is 3.43. The topological polar surface area (TPSA) is 18.5 Å². The number of nitrogens with zero attached hydrogens (tertiary/aromatic N) is 2. The van der Waals surface area contributed by atoms with E-state index in [0.717, 1.165) is 0 Å². The summed E-state index contributed by atoms with van der Waals surface area (Å²) < 4.78 is 0. The predicted molar refractivity (Wildman–Crippen MR) is 73.4 cm³/mol. The van der Waals surface area contributed by atoms with E-state index in [1.807, 2.05) is 0 Å². The van der Waals surface area contributed by atoms with Crippen molar-refractivity contribution >= 4 is 0 Å². The van der Waals surface area contributed by atoms with Crippen LogP contribution in [0.2, 0.25) is 0 Å². The third-order valence-corrected chi connectivity index (χ3v) is 4.68. The molecule has 2 fully saturated rings. The van der Waals surface area contributed by atoms with E-state index in [4.69, 9.17) is 0 Å². The normalized spacial score (nSPS) is 31.6. The molecule has 2 saturated heterocycles. The first-order chi connectivity index (χ1) is 8.12. The van der Waals surface area contributed by atoms with Crippen LogP contribution in [0.1, 0.15) is 33.6 Å². The summed E-state index contributed by atoms with van der Waals surface area (Å²) >= 11 is 0. The number of hydrogen-bond donors (Lipinski definition) is 1. The summed E-state index contributed by atoms with van der Waals surface area (Å²) in [6.07, 6.45) is 2.71. The van der Waals surface area contributed by atoms with Crippen molar-refractivity contribution < 1.29 is 0 Å². The maximum atomic E-state index is 3.73. The van der Waals surface area contributed by atoms with Crippen molar-refractivity contribution in [2.24, 2.45) is 5.41 Å². The van der Waals surface area contributed by atoms with Crippen molar-refractivity contribution in [2.75, 3.05) is 45.8 Å². The van der Waals surface area contributed by atoms with Gasteiger partial charge in [-0.15, -0.1) is 0 Å². The summed E-state index contributed by atoms with van der Waals surface area (Å²) in [4.78, 5) is 5.20. The first kappa shape index (κ1) is 13.3. The molecule has 0 amide bonds. The molecule has 0 aromatic heterocycles. The lowest BCUT2D eigenvalue weighted by atomic mass is 9.77. The first-order valence-corrected chi connectivity index (χ1v) is 7.30. The van der Waals surface area contributed by atoms with Gasteiger partial charge in [-0.1, -0.05) is 20.8 Å². The lowest BCUT2D eigenvalue weighted by Crippen LogP contribution is -2.56. The maximum Gasteiger partial charge on any atom is 0.0246 e. The summed E-state index contributed by atoms with van der Waals surface area (Å²) in [6.45, 7) is 15.8. The van der Waals surface area contributed by atoms with Gasteiger partial charge in [0.2, 0.25) is 0 Å². The number of likely N-dealkylation sites (N-methyl/N-ethyl adjacent to an activating group) is 1. The van der Waals surface area contributed by atoms with E-state index < -0.39 is 0 Å². The number of piperidine rings is 1. The SMILES string of the molecule is CCN1CCN(CC2NCCCC2(C)C)CC1. The molecule has 2 aliphatic heterocycles. The Morgan fingerprint density at radius 1 is 1.12 bits per heavy atom. The van der Waals surface area contributed by atoms with Crippen LogP contribution >= 0.6 is 0 Å². The lowest BCUT2D eigenvalue weighted by Gasteiger charge is -2.43. The molecule has 0 aliphatic carbocycles. The molecule has 0 radical (unpaired) electrons. The highest BCUT2D eigenvalue weighted by atomic mass is 15.3. The van der Waals surface area contributed by atoms with Gasteiger partial charge in [-0.2, -0.15) is 0 Å². The minimum Gasteiger partial charge on any atom is -0.312 e. The van der Waals surface area contributed by atoms with Crippen molar-refractivity contribution in [3.8, 4) is 0 Å². The molecular weight excluding hydrogens is 210 g/mol. The zero-order valence-corrected chi connectivity index (χ0v) is 11.8. The van der Waals surface area contributed by atoms with Gasteiger partial charge >= 0.3 is 0 Å². The molecule has 0 saturated carbocycles. The average molecular weight is 239 g/mol. The van der Waals surface area contributed by atoms with Gasteiger partial charge in [0.1, 0.15) is 0 Å². The Bertz CT molecular complexity index is 232. The van der Waals surface area contributed by atoms with Gasteiger partial charge in [-0.05, 0) is 31.3 Å². The Morgan fingerprint density at radius 3 is 2.35 bits per heavy atom. The number of rotatable bonds is 3. The van der Waals surface area contributed by atoms with E-state index in [1.165, 1.54) is 58.7 Å². The summed E-state index contributed by atoms with van der Waals surface area (Å²) in [5, 5.41) is 3.73. The first-order valence-electron chi connectivity index (χ1n) is 7.30. The van der Waals surface area contributed by atoms with Crippen LogP contribution in [0.15, 0.2) is 0 Å². The minimum atomic E-state index is 0.472. The smallest absolute Gasteiger partial charge is 0.0246 e. The van der Waals surface area contributed by atoms with E-state index in [9.17, 15) is 0 Å². The zero-order chi connectivity index (χ0) is 12.3. The lowest BCUT2D eigenvalue weighted by molar-refractivity contribution is 0.0862. The Labute approximate surface area is 107 Å². The van der Waals surface area contributed by atoms with Crippen LogP contribution in [0.4, 0.5) is 0 Å². The fourth-order valence-corrected chi connectivity index (χ4v) is 3.13. The number of nitrogens with one attached hydrogen (secondary N) is 1. The molecule has 3 heteroatoms. The maximum absolute atomic E-state index is 3.73. The van der Waals surface area contributed by atoms with Crippen molar-refractivity contribution in [3.63, 3.8) is 0 Å². The van der Waals surface area contributed by atoms with Crippen molar-refractivity contribution in [2.45, 2.75) is 39.7 Å². The standard InChI is InChI=1S/C14H29N3/c1-4-16-8-10-17(11-9-16)12-13-14(2,3)6-5-7-15-13/h13,15H,4-12H2,1-3H3. The number of hydrogen-bond acceptors (Lipinski definition) is 3. The second kappa shape index (κ2) is 5.68. The molecule has 0 spiro atoms. The van der Waals surface area contributed by atoms with Gasteiger partial charge in [0.25, 0.3) is 0 Å². The largest absolute Gasteiger partial charge is 0.312 e. The monoisotopic (exact) mass is 239 g/mol. The van der Waals surface area contributed by atoms with Gasteiger partial charge in [0, 0.05) is 38.8 Å². The highest BCUT2D eigenvalue weighted by molar-refractivity contribution is 4.91. The van der Waals surface area contributed by atoms with Crippen LogP contribution < -0.4 is 5.32 Å². The van der Waals surface area contributed by atoms with Crippen LogP contribution in [0, 0.1) is 5.41 Å². The molecule has 2 aliphatic rings. The molecule has 0 bridgehead atoms. The summed E-state index contributed by atoms with van der Waals surface area (Å²) in [5.74, 6) is 0. The zero-order valence-electron chi connectivity index (χ0n) is 11.8. The van der Waals surface area contributed by atoms with E-state index in [0.29, 0.717) is 11.5 Å². The van der Waals surface area contributed by atoms with Crippen LogP contribution in [0.3, 0.4) is 0 Å². The molecule has 2 rings (SSSR count). The average Bonchev–Trinajstić information content (AvgIpc) is 2.33. The summed E-state index contributed by atoms with van der Waals surface area (Å²) in [5.41, 5.74) is 0.472. The fraction of sp³-hybridized carbons (Fsp3) is 1.00. The van der Waals surface area contributed by atoms with Gasteiger partial charge in [0.05, 0.1) is 0 Å². The van der Waals surface area contributed by atoms with E-state index in [1.54, 1.807) is 0 Å². The molecule has 1 unspecified atom stereocenters. The van der Waals surface area contributed by atoms with Crippen LogP contribution in [0.25, 0.3) is 0 Å². The highest BCUT2D eigenvalue weighted by Gasteiger charge is 2.33. The van der Waals surface area contributed by atoms with Crippen molar-refractivity contribution in [3.05, 3.63) is 0 Å². The van der Waals surface area contributed by atoms with Gasteiger partial charge in [-0.3, -0.25) is 4.90 Å². The molecule has 1 N–H and O–H groups in total. The Hall–Kier alpha value is -0.120. The minimum absolute atomic E-state index is 0.472. The van der Waals surface area contributed by atoms with E-state index in [2.05, 4.69) is 35.9 Å². The Balaban J connectivity index is 1.80. The molecule has 1 atom stereocenters. The fourth-order valence-electron chi connectivity index (χ4n) is 3.13. The van der Waals surface area contributed by atoms with Crippen molar-refractivity contribution in [1.82, 2.24) is 15.1 Å². The quantitative estimate of drug-likeness (QED) is 0.803. The van der Waals surface area contributed by atoms with Crippen LogP contribution in [0.5, 0.6) is 0 Å². The van der Waals surface area contributed by atoms with Gasteiger partial charge in [0.15, 0.2) is 0 Å². The van der Waals surface area contributed by atoms with Crippen molar-refractivity contribution in [1.29, 1.82) is 0 Å².